The van der Waals surface area contributed by atoms with Gasteiger partial charge in [-0.05, 0) is 17.7 Å². The Hall–Kier alpha value is -2.99. The minimum atomic E-state index is -0.130. The summed E-state index contributed by atoms with van der Waals surface area (Å²) in [5.74, 6) is 0.327. The maximum atomic E-state index is 9.83. The van der Waals surface area contributed by atoms with Gasteiger partial charge in [-0.2, -0.15) is 0 Å². The molecule has 7 heteroatoms. The third kappa shape index (κ3) is 5.49. The molecular weight excluding hydrogens is 392 g/mol. The first-order valence-electron chi connectivity index (χ1n) is 8.00. The van der Waals surface area contributed by atoms with E-state index < -0.39 is 0 Å². The first-order chi connectivity index (χ1) is 12.8. The average molecular weight is 409 g/mol. The Morgan fingerprint density at radius 1 is 0.852 bits per heavy atom. The molecule has 0 aliphatic carbocycles. The summed E-state index contributed by atoms with van der Waals surface area (Å²) in [4.78, 5) is 0. The predicted molar refractivity (Wildman–Crippen MR) is 101 cm³/mol. The number of benzene rings is 3. The van der Waals surface area contributed by atoms with Gasteiger partial charge in [-0.25, -0.2) is 0 Å². The zero-order valence-corrected chi connectivity index (χ0v) is 15.1. The molecule has 0 bridgehead atoms. The van der Waals surface area contributed by atoms with Crippen LogP contribution in [-0.4, -0.2) is 16.0 Å². The molecule has 2 N–H and O–H groups in total. The van der Waals surface area contributed by atoms with Gasteiger partial charge in [0.25, 0.3) is 0 Å². The SMILES string of the molecule is OCc1ccccc1[N-]/N=C(\N=Nc1ccccc1O)c1ccccc1.[Cu+]. The number of amidine groups is 1. The van der Waals surface area contributed by atoms with Crippen molar-refractivity contribution in [2.24, 2.45) is 15.3 Å². The van der Waals surface area contributed by atoms with Crippen LogP contribution in [0, 0.1) is 0 Å². The smallest absolute Gasteiger partial charge is 0.573 e. The Balaban J connectivity index is 0.00000261. The van der Waals surface area contributed by atoms with Gasteiger partial charge >= 0.3 is 17.1 Å². The number of phenols is 1. The van der Waals surface area contributed by atoms with Crippen LogP contribution in [0.5, 0.6) is 5.75 Å². The van der Waals surface area contributed by atoms with Crippen LogP contribution in [0.1, 0.15) is 11.1 Å². The van der Waals surface area contributed by atoms with E-state index in [-0.39, 0.29) is 29.4 Å². The van der Waals surface area contributed by atoms with E-state index in [1.54, 1.807) is 30.3 Å². The van der Waals surface area contributed by atoms with Crippen molar-refractivity contribution >= 4 is 17.2 Å². The number of hydrogen-bond acceptors (Lipinski definition) is 4. The maximum absolute atomic E-state index is 9.83. The normalized spacial score (nSPS) is 11.2. The molecule has 0 unspecified atom stereocenters. The van der Waals surface area contributed by atoms with Gasteiger partial charge < -0.3 is 20.7 Å². The van der Waals surface area contributed by atoms with E-state index in [1.165, 1.54) is 6.07 Å². The van der Waals surface area contributed by atoms with E-state index in [1.807, 2.05) is 42.5 Å². The number of azo groups is 1. The van der Waals surface area contributed by atoms with E-state index in [0.29, 0.717) is 22.8 Å². The Bertz CT molecular complexity index is 930. The molecule has 0 aromatic heterocycles. The molecule has 0 amide bonds. The monoisotopic (exact) mass is 408 g/mol. The minimum absolute atomic E-state index is 0. The standard InChI is InChI=1S/C20H17N4O2.Cu/c25-14-16-10-4-5-11-17(16)21-23-20(15-8-2-1-3-9-15)24-22-18-12-6-7-13-19(18)26;/h1-13,25H,14H2,(H-,21,22,23,24,26);/q-1;+1. The van der Waals surface area contributed by atoms with Gasteiger partial charge in [0.2, 0.25) is 0 Å². The van der Waals surface area contributed by atoms with E-state index in [9.17, 15) is 10.2 Å². The molecule has 6 nitrogen and oxygen atoms in total. The Labute approximate surface area is 167 Å². The largest absolute Gasteiger partial charge is 1.00 e. The number of aliphatic hydroxyl groups excluding tert-OH is 1. The molecular formula is C20H17CuN4O2. The number of aliphatic hydroxyl groups is 1. The first kappa shape index (κ1) is 20.3. The number of aromatic hydroxyl groups is 1. The molecule has 3 aromatic rings. The second-order valence-electron chi connectivity index (χ2n) is 5.37. The van der Waals surface area contributed by atoms with E-state index in [4.69, 9.17) is 0 Å². The predicted octanol–water partition coefficient (Wildman–Crippen LogP) is 5.03. The summed E-state index contributed by atoms with van der Waals surface area (Å²) in [6.45, 7) is -0.130. The quantitative estimate of drug-likeness (QED) is 0.203. The molecule has 0 atom stereocenters. The molecule has 0 fully saturated rings. The van der Waals surface area contributed by atoms with Crippen molar-refractivity contribution in [3.8, 4) is 5.75 Å². The van der Waals surface area contributed by atoms with Gasteiger partial charge in [0, 0.05) is 5.56 Å². The summed E-state index contributed by atoms with van der Waals surface area (Å²) < 4.78 is 0. The summed E-state index contributed by atoms with van der Waals surface area (Å²) in [6.07, 6.45) is 0. The van der Waals surface area contributed by atoms with Crippen LogP contribution in [0.2, 0.25) is 0 Å². The molecule has 0 radical (unpaired) electrons. The van der Waals surface area contributed by atoms with Gasteiger partial charge in [0.15, 0.2) is 5.84 Å². The van der Waals surface area contributed by atoms with Crippen LogP contribution < -0.4 is 0 Å². The fourth-order valence-electron chi connectivity index (χ4n) is 2.22. The first-order valence-corrected chi connectivity index (χ1v) is 8.00. The molecule has 0 saturated heterocycles. The van der Waals surface area contributed by atoms with Gasteiger partial charge in [-0.3, -0.25) is 0 Å². The van der Waals surface area contributed by atoms with Gasteiger partial charge in [0.1, 0.15) is 11.4 Å². The van der Waals surface area contributed by atoms with Gasteiger partial charge in [-0.1, -0.05) is 66.7 Å². The van der Waals surface area contributed by atoms with Crippen molar-refractivity contribution in [3.05, 3.63) is 95.4 Å². The topological polar surface area (TPSA) is 91.6 Å². The van der Waals surface area contributed by atoms with E-state index in [2.05, 4.69) is 20.8 Å². The molecule has 0 aliphatic heterocycles. The fraction of sp³-hybridized carbons (Fsp3) is 0.0500. The minimum Gasteiger partial charge on any atom is -0.573 e. The Kier molecular flexibility index (Phi) is 7.70. The van der Waals surface area contributed by atoms with Crippen molar-refractivity contribution in [1.29, 1.82) is 0 Å². The molecule has 0 spiro atoms. The summed E-state index contributed by atoms with van der Waals surface area (Å²) in [5.41, 5.74) is 6.50. The van der Waals surface area contributed by atoms with E-state index >= 15 is 0 Å². The van der Waals surface area contributed by atoms with Gasteiger partial charge in [0.05, 0.1) is 6.61 Å². The number of nitrogens with zero attached hydrogens (tertiary/aromatic N) is 4. The van der Waals surface area contributed by atoms with Crippen molar-refractivity contribution in [2.75, 3.05) is 0 Å². The van der Waals surface area contributed by atoms with Crippen LogP contribution in [-0.2, 0) is 23.7 Å². The Morgan fingerprint density at radius 3 is 2.26 bits per heavy atom. The molecule has 3 aromatic carbocycles. The zero-order valence-electron chi connectivity index (χ0n) is 14.2. The van der Waals surface area contributed by atoms with Gasteiger partial charge in [-0.15, -0.1) is 15.9 Å². The number of para-hydroxylation sites is 1. The molecule has 0 saturated carbocycles. The average Bonchev–Trinajstić information content (AvgIpc) is 2.70. The summed E-state index contributed by atoms with van der Waals surface area (Å²) in [6, 6.07) is 23.1. The molecule has 3 rings (SSSR count). The molecule has 0 aliphatic rings. The second-order valence-corrected chi connectivity index (χ2v) is 5.37. The summed E-state index contributed by atoms with van der Waals surface area (Å²) >= 11 is 0. The van der Waals surface area contributed by atoms with Crippen LogP contribution in [0.15, 0.2) is 94.2 Å². The van der Waals surface area contributed by atoms with Crippen LogP contribution in [0.4, 0.5) is 11.4 Å². The fourth-order valence-corrected chi connectivity index (χ4v) is 2.22. The number of phenolic OH excluding ortho intramolecular Hbond substituents is 1. The van der Waals surface area contributed by atoms with Crippen molar-refractivity contribution < 1.29 is 27.3 Å². The Morgan fingerprint density at radius 2 is 1.52 bits per heavy atom. The van der Waals surface area contributed by atoms with Crippen LogP contribution in [0.25, 0.3) is 5.43 Å². The number of rotatable bonds is 5. The molecule has 0 heterocycles. The number of hydrogen-bond donors (Lipinski definition) is 2. The summed E-state index contributed by atoms with van der Waals surface area (Å²) in [7, 11) is 0. The van der Waals surface area contributed by atoms with E-state index in [0.717, 1.165) is 5.56 Å². The van der Waals surface area contributed by atoms with Crippen molar-refractivity contribution in [1.82, 2.24) is 0 Å². The summed E-state index contributed by atoms with van der Waals surface area (Å²) in [5, 5.41) is 31.7. The second kappa shape index (κ2) is 10.2. The van der Waals surface area contributed by atoms with Crippen molar-refractivity contribution in [3.63, 3.8) is 0 Å². The van der Waals surface area contributed by atoms with Crippen LogP contribution in [0.3, 0.4) is 0 Å². The third-order valence-corrected chi connectivity index (χ3v) is 3.58. The maximum Gasteiger partial charge on any atom is 1.00 e. The van der Waals surface area contributed by atoms with Crippen molar-refractivity contribution in [2.45, 2.75) is 6.61 Å². The van der Waals surface area contributed by atoms with Crippen LogP contribution >= 0.6 is 0 Å². The zero-order chi connectivity index (χ0) is 18.2. The molecule has 140 valence electrons. The molecule has 27 heavy (non-hydrogen) atoms. The third-order valence-electron chi connectivity index (χ3n) is 3.58.